The topological polar surface area (TPSA) is 84.7 Å². The second-order valence-electron chi connectivity index (χ2n) is 6.87. The first-order valence-electron chi connectivity index (χ1n) is 8.71. The Bertz CT molecular complexity index is 896. The molecule has 2 fully saturated rings. The minimum absolute atomic E-state index is 0.0851. The fourth-order valence-electron chi connectivity index (χ4n) is 3.40. The average Bonchev–Trinajstić information content (AvgIpc) is 3.33. The van der Waals surface area contributed by atoms with E-state index in [2.05, 4.69) is 5.32 Å². The van der Waals surface area contributed by atoms with Crippen LogP contribution in [0.1, 0.15) is 18.4 Å². The number of hydrogen-bond donors (Lipinski definition) is 1. The number of anilines is 2. The highest BCUT2D eigenvalue weighted by Gasteiger charge is 2.44. The predicted molar refractivity (Wildman–Crippen MR) is 97.6 cm³/mol. The first-order chi connectivity index (χ1) is 13.0. The lowest BCUT2D eigenvalue weighted by molar-refractivity contribution is -0.384. The van der Waals surface area contributed by atoms with Crippen molar-refractivity contribution in [3.05, 3.63) is 64.0 Å². The maximum atomic E-state index is 13.2. The molecule has 2 aromatic carbocycles. The van der Waals surface area contributed by atoms with Crippen molar-refractivity contribution in [1.29, 1.82) is 0 Å². The van der Waals surface area contributed by atoms with Crippen LogP contribution < -0.4 is 10.2 Å². The van der Waals surface area contributed by atoms with Crippen molar-refractivity contribution in [1.82, 2.24) is 0 Å². The third-order valence-electron chi connectivity index (χ3n) is 5.17. The zero-order chi connectivity index (χ0) is 19.0. The fourth-order valence-corrected chi connectivity index (χ4v) is 3.40. The molecular formula is C19H18FN3O4. The molecule has 7 nitrogen and oxygen atoms in total. The zero-order valence-electron chi connectivity index (χ0n) is 14.5. The van der Waals surface area contributed by atoms with Gasteiger partial charge in [-0.2, -0.15) is 0 Å². The van der Waals surface area contributed by atoms with Gasteiger partial charge in [-0.05, 0) is 36.6 Å². The van der Waals surface area contributed by atoms with Crippen molar-refractivity contribution < 1.29 is 18.8 Å². The Morgan fingerprint density at radius 3 is 2.56 bits per heavy atom. The van der Waals surface area contributed by atoms with E-state index in [1.54, 1.807) is 18.2 Å². The molecule has 0 unspecified atom stereocenters. The van der Waals surface area contributed by atoms with Crippen LogP contribution in [0.5, 0.6) is 0 Å². The van der Waals surface area contributed by atoms with Crippen LogP contribution in [0.25, 0.3) is 0 Å². The molecule has 140 valence electrons. The molecule has 1 N–H and O–H groups in total. The van der Waals surface area contributed by atoms with Crippen molar-refractivity contribution in [3.8, 4) is 0 Å². The number of ether oxygens (including phenoxy) is 1. The number of non-ortho nitro benzene ring substituents is 1. The van der Waals surface area contributed by atoms with Gasteiger partial charge in [0.2, 0.25) is 0 Å². The summed E-state index contributed by atoms with van der Waals surface area (Å²) in [6.07, 6.45) is 1.43. The second-order valence-corrected chi connectivity index (χ2v) is 6.87. The minimum atomic E-state index is -0.516. The Morgan fingerprint density at radius 2 is 1.96 bits per heavy atom. The molecule has 2 aliphatic rings. The molecule has 2 aromatic rings. The van der Waals surface area contributed by atoms with Gasteiger partial charge in [-0.15, -0.1) is 0 Å². The molecule has 0 atom stereocenters. The maximum Gasteiger partial charge on any atom is 0.414 e. The van der Waals surface area contributed by atoms with Gasteiger partial charge in [-0.25, -0.2) is 9.18 Å². The highest BCUT2D eigenvalue weighted by molar-refractivity contribution is 5.94. The van der Waals surface area contributed by atoms with Crippen LogP contribution in [0, 0.1) is 15.9 Å². The molecule has 0 radical (unpaired) electrons. The minimum Gasteiger partial charge on any atom is -0.447 e. The number of benzene rings is 2. The van der Waals surface area contributed by atoms with Crippen molar-refractivity contribution in [2.75, 3.05) is 29.9 Å². The van der Waals surface area contributed by atoms with E-state index in [1.807, 2.05) is 0 Å². The lowest BCUT2D eigenvalue weighted by Gasteiger charge is -2.22. The normalized spacial score (nSPS) is 17.5. The zero-order valence-corrected chi connectivity index (χ0v) is 14.5. The first kappa shape index (κ1) is 17.3. The van der Waals surface area contributed by atoms with Crippen LogP contribution in [0.4, 0.5) is 26.2 Å². The molecule has 1 saturated heterocycles. The molecule has 1 aliphatic heterocycles. The van der Waals surface area contributed by atoms with Gasteiger partial charge in [0.05, 0.1) is 22.8 Å². The van der Waals surface area contributed by atoms with E-state index < -0.39 is 11.0 Å². The molecular weight excluding hydrogens is 353 g/mol. The summed E-state index contributed by atoms with van der Waals surface area (Å²) < 4.78 is 18.2. The van der Waals surface area contributed by atoms with Gasteiger partial charge in [0.25, 0.3) is 5.69 Å². The van der Waals surface area contributed by atoms with Gasteiger partial charge in [0, 0.05) is 24.1 Å². The molecule has 27 heavy (non-hydrogen) atoms. The lowest BCUT2D eigenvalue weighted by Crippen LogP contribution is -2.26. The number of carbonyl (C=O) groups excluding carboxylic acids is 1. The monoisotopic (exact) mass is 371 g/mol. The molecule has 0 spiro atoms. The molecule has 4 rings (SSSR count). The molecule has 0 bridgehead atoms. The van der Waals surface area contributed by atoms with Crippen LogP contribution in [-0.2, 0) is 10.2 Å². The number of hydrogen-bond acceptors (Lipinski definition) is 5. The second kappa shape index (κ2) is 6.53. The standard InChI is InChI=1S/C19H18FN3O4/c20-14-3-1-13(2-4-14)19(7-8-19)12-21-16-6-5-15(23(25)26)11-17(16)22-9-10-27-18(22)24/h1-6,11,21H,7-10,12H2. The van der Waals surface area contributed by atoms with E-state index in [1.165, 1.54) is 29.2 Å². The summed E-state index contributed by atoms with van der Waals surface area (Å²) >= 11 is 0. The highest BCUT2D eigenvalue weighted by atomic mass is 19.1. The van der Waals surface area contributed by atoms with Crippen molar-refractivity contribution in [2.24, 2.45) is 0 Å². The van der Waals surface area contributed by atoms with Gasteiger partial charge in [0.1, 0.15) is 12.4 Å². The lowest BCUT2D eigenvalue weighted by atomic mass is 9.96. The van der Waals surface area contributed by atoms with E-state index in [0.29, 0.717) is 24.5 Å². The van der Waals surface area contributed by atoms with Crippen LogP contribution in [-0.4, -0.2) is 30.7 Å². The number of nitrogens with one attached hydrogen (secondary N) is 1. The molecule has 1 heterocycles. The number of cyclic esters (lactones) is 1. The van der Waals surface area contributed by atoms with Crippen molar-refractivity contribution >= 4 is 23.2 Å². The first-order valence-corrected chi connectivity index (χ1v) is 8.71. The highest BCUT2D eigenvalue weighted by Crippen LogP contribution is 2.48. The van der Waals surface area contributed by atoms with E-state index in [9.17, 15) is 19.3 Å². The summed E-state index contributed by atoms with van der Waals surface area (Å²) in [5, 5.41) is 14.4. The van der Waals surface area contributed by atoms with Crippen molar-refractivity contribution in [3.63, 3.8) is 0 Å². The molecule has 1 amide bonds. The Hall–Kier alpha value is -3.16. The summed E-state index contributed by atoms with van der Waals surface area (Å²) in [7, 11) is 0. The third-order valence-corrected chi connectivity index (χ3v) is 5.17. The Kier molecular flexibility index (Phi) is 4.18. The van der Waals surface area contributed by atoms with Crippen LogP contribution in [0.2, 0.25) is 0 Å². The predicted octanol–water partition coefficient (Wildman–Crippen LogP) is 3.83. The quantitative estimate of drug-likeness (QED) is 0.616. The van der Waals surface area contributed by atoms with Crippen LogP contribution in [0.3, 0.4) is 0 Å². The third kappa shape index (κ3) is 3.30. The van der Waals surface area contributed by atoms with E-state index in [4.69, 9.17) is 4.74 Å². The Balaban J connectivity index is 1.59. The number of amides is 1. The number of nitrogens with zero attached hydrogens (tertiary/aromatic N) is 2. The van der Waals surface area contributed by atoms with Crippen LogP contribution in [0.15, 0.2) is 42.5 Å². The number of nitro groups is 1. The van der Waals surface area contributed by atoms with Gasteiger partial charge in [-0.1, -0.05) is 12.1 Å². The van der Waals surface area contributed by atoms with E-state index >= 15 is 0 Å². The number of halogens is 1. The van der Waals surface area contributed by atoms with Gasteiger partial charge < -0.3 is 10.1 Å². The molecule has 1 saturated carbocycles. The molecule has 1 aliphatic carbocycles. The largest absolute Gasteiger partial charge is 0.447 e. The number of carbonyl (C=O) groups is 1. The fraction of sp³-hybridized carbons (Fsp3) is 0.316. The smallest absolute Gasteiger partial charge is 0.414 e. The summed E-state index contributed by atoms with van der Waals surface area (Å²) in [5.41, 5.74) is 1.95. The van der Waals surface area contributed by atoms with E-state index in [0.717, 1.165) is 18.4 Å². The number of nitro benzene ring substituents is 1. The summed E-state index contributed by atoms with van der Waals surface area (Å²) in [4.78, 5) is 24.0. The number of rotatable bonds is 6. The maximum absolute atomic E-state index is 13.2. The van der Waals surface area contributed by atoms with Crippen LogP contribution >= 0.6 is 0 Å². The SMILES string of the molecule is O=C1OCCN1c1cc([N+](=O)[O-])ccc1NCC1(c2ccc(F)cc2)CC1. The van der Waals surface area contributed by atoms with Gasteiger partial charge in [0.15, 0.2) is 0 Å². The van der Waals surface area contributed by atoms with E-state index in [-0.39, 0.29) is 23.5 Å². The molecule has 0 aromatic heterocycles. The summed E-state index contributed by atoms with van der Waals surface area (Å²) in [6.45, 7) is 1.19. The van der Waals surface area contributed by atoms with Crippen molar-refractivity contribution in [2.45, 2.75) is 18.3 Å². The van der Waals surface area contributed by atoms with Gasteiger partial charge in [-0.3, -0.25) is 15.0 Å². The summed E-state index contributed by atoms with van der Waals surface area (Å²) in [6, 6.07) is 10.9. The Labute approximate surface area is 154 Å². The average molecular weight is 371 g/mol. The van der Waals surface area contributed by atoms with Gasteiger partial charge >= 0.3 is 6.09 Å². The Morgan fingerprint density at radius 1 is 1.22 bits per heavy atom. The summed E-state index contributed by atoms with van der Waals surface area (Å²) in [5.74, 6) is -0.271. The molecule has 8 heteroatoms.